The van der Waals surface area contributed by atoms with Crippen LogP contribution in [-0.4, -0.2) is 66.1 Å². The van der Waals surface area contributed by atoms with E-state index >= 15 is 0 Å². The zero-order valence-electron chi connectivity index (χ0n) is 21.5. The molecule has 3 amide bonds. The monoisotopic (exact) mass is 526 g/mol. The fourth-order valence-corrected chi connectivity index (χ4v) is 4.85. The van der Waals surface area contributed by atoms with Crippen molar-refractivity contribution in [2.75, 3.05) is 31.6 Å². The number of rotatable bonds is 10. The molecule has 1 aromatic carbocycles. The third kappa shape index (κ3) is 8.18. The van der Waals surface area contributed by atoms with Gasteiger partial charge in [0.15, 0.2) is 5.13 Å². The van der Waals surface area contributed by atoms with Crippen LogP contribution in [0.5, 0.6) is 0 Å². The summed E-state index contributed by atoms with van der Waals surface area (Å²) >= 11 is 1.51. The molecule has 10 nitrogen and oxygen atoms in total. The molecule has 1 fully saturated rings. The number of anilines is 1. The first kappa shape index (κ1) is 27.9. The van der Waals surface area contributed by atoms with E-state index < -0.39 is 6.04 Å². The number of hydrogen-bond acceptors (Lipinski definition) is 8. The van der Waals surface area contributed by atoms with Crippen LogP contribution in [0, 0.1) is 17.2 Å². The molecule has 198 valence electrons. The minimum absolute atomic E-state index is 0.102. The molecule has 0 spiro atoms. The highest BCUT2D eigenvalue weighted by Gasteiger charge is 2.24. The Hall–Kier alpha value is -3.65. The van der Waals surface area contributed by atoms with E-state index in [0.29, 0.717) is 31.7 Å². The predicted octanol–water partition coefficient (Wildman–Crippen LogP) is 3.63. The van der Waals surface area contributed by atoms with E-state index in [1.54, 1.807) is 24.0 Å². The van der Waals surface area contributed by atoms with Crippen LogP contribution in [0.25, 0.3) is 11.3 Å². The Morgan fingerprint density at radius 1 is 1.22 bits per heavy atom. The van der Waals surface area contributed by atoms with E-state index in [1.165, 1.54) is 11.3 Å². The van der Waals surface area contributed by atoms with Gasteiger partial charge in [-0.1, -0.05) is 26.0 Å². The molecule has 0 aliphatic carbocycles. The second kappa shape index (κ2) is 13.6. The van der Waals surface area contributed by atoms with Crippen molar-refractivity contribution in [3.8, 4) is 17.3 Å². The highest BCUT2D eigenvalue weighted by Crippen LogP contribution is 2.27. The predicted molar refractivity (Wildman–Crippen MR) is 142 cm³/mol. The van der Waals surface area contributed by atoms with Crippen molar-refractivity contribution in [1.29, 1.82) is 5.26 Å². The van der Waals surface area contributed by atoms with Gasteiger partial charge in [0.1, 0.15) is 12.6 Å². The van der Waals surface area contributed by atoms with Crippen molar-refractivity contribution >= 4 is 34.4 Å². The van der Waals surface area contributed by atoms with Crippen LogP contribution in [0.1, 0.15) is 50.4 Å². The summed E-state index contributed by atoms with van der Waals surface area (Å²) in [5, 5.41) is 20.2. The molecule has 3 rings (SSSR count). The first-order valence-electron chi connectivity index (χ1n) is 12.5. The van der Waals surface area contributed by atoms with Crippen LogP contribution in [0.2, 0.25) is 0 Å². The molecule has 2 aromatic rings. The number of amides is 3. The second-order valence-corrected chi connectivity index (χ2v) is 10.1. The topological polar surface area (TPSA) is 136 Å². The summed E-state index contributed by atoms with van der Waals surface area (Å²) in [6.07, 6.45) is 1.86. The number of thiazole rings is 1. The zero-order chi connectivity index (χ0) is 26.8. The molecule has 37 heavy (non-hydrogen) atoms. The van der Waals surface area contributed by atoms with Gasteiger partial charge in [-0.3, -0.25) is 9.59 Å². The number of aromatic nitrogens is 1. The number of hydrogen-bond donors (Lipinski definition) is 3. The van der Waals surface area contributed by atoms with Gasteiger partial charge in [0.2, 0.25) is 5.91 Å². The quantitative estimate of drug-likeness (QED) is 0.402. The van der Waals surface area contributed by atoms with Gasteiger partial charge in [-0.05, 0) is 44.2 Å². The summed E-state index contributed by atoms with van der Waals surface area (Å²) in [5.41, 5.74) is 2.12. The Bertz CT molecular complexity index is 1100. The maximum atomic E-state index is 12.8. The van der Waals surface area contributed by atoms with Gasteiger partial charge in [-0.15, -0.1) is 11.3 Å². The average molecular weight is 527 g/mol. The largest absolute Gasteiger partial charge is 0.450 e. The minimum Gasteiger partial charge on any atom is -0.450 e. The summed E-state index contributed by atoms with van der Waals surface area (Å²) in [7, 11) is 0. The van der Waals surface area contributed by atoms with Crippen LogP contribution in [-0.2, 0) is 9.53 Å². The van der Waals surface area contributed by atoms with Crippen molar-refractivity contribution in [3.63, 3.8) is 0 Å². The molecule has 1 aliphatic rings. The van der Waals surface area contributed by atoms with Gasteiger partial charge < -0.3 is 25.6 Å². The van der Waals surface area contributed by atoms with Crippen molar-refractivity contribution in [2.24, 2.45) is 5.92 Å². The number of carbonyl (C=O) groups excluding carboxylic acids is 3. The smallest absolute Gasteiger partial charge is 0.409 e. The summed E-state index contributed by atoms with van der Waals surface area (Å²) in [6.45, 7) is 7.31. The normalized spacial score (nSPS) is 14.5. The van der Waals surface area contributed by atoms with Crippen molar-refractivity contribution in [3.05, 3.63) is 35.2 Å². The lowest BCUT2D eigenvalue weighted by Crippen LogP contribution is -2.47. The Morgan fingerprint density at radius 2 is 1.92 bits per heavy atom. The van der Waals surface area contributed by atoms with E-state index in [9.17, 15) is 14.4 Å². The standard InChI is InChI=1S/C26H34N6O4S/c1-4-36-26(35)32-13-9-20(10-14-32)29-25-31-22(16-37-25)18-5-7-19(8-6-18)23(33)30-21(15-17(2)3)24(34)28-12-11-27/h5-8,16-17,20-21H,4,9-10,12-15H2,1-3H3,(H,28,34)(H,29,31)(H,30,33). The Morgan fingerprint density at radius 3 is 2.54 bits per heavy atom. The molecule has 0 saturated carbocycles. The molecule has 1 saturated heterocycles. The van der Waals surface area contributed by atoms with E-state index in [-0.39, 0.29) is 36.4 Å². The molecule has 3 N–H and O–H groups in total. The SMILES string of the molecule is CCOC(=O)N1CCC(Nc2nc(-c3ccc(C(=O)NC(CC(C)C)C(=O)NCC#N)cc3)cs2)CC1. The molecular weight excluding hydrogens is 492 g/mol. The maximum Gasteiger partial charge on any atom is 0.409 e. The Kier molecular flexibility index (Phi) is 10.3. The summed E-state index contributed by atoms with van der Waals surface area (Å²) in [6, 6.07) is 8.48. The molecule has 1 aromatic heterocycles. The zero-order valence-corrected chi connectivity index (χ0v) is 22.3. The van der Waals surface area contributed by atoms with E-state index in [0.717, 1.165) is 29.2 Å². The number of likely N-dealkylation sites (tertiary alicyclic amines) is 1. The molecule has 11 heteroatoms. The highest BCUT2D eigenvalue weighted by atomic mass is 32.1. The Balaban J connectivity index is 1.56. The maximum absolute atomic E-state index is 12.8. The third-order valence-electron chi connectivity index (χ3n) is 5.97. The van der Waals surface area contributed by atoms with Gasteiger partial charge in [-0.25, -0.2) is 9.78 Å². The van der Waals surface area contributed by atoms with Crippen LogP contribution >= 0.6 is 11.3 Å². The van der Waals surface area contributed by atoms with Gasteiger partial charge in [0.25, 0.3) is 5.91 Å². The lowest BCUT2D eigenvalue weighted by molar-refractivity contribution is -0.123. The number of nitrogens with one attached hydrogen (secondary N) is 3. The van der Waals surface area contributed by atoms with Crippen LogP contribution < -0.4 is 16.0 Å². The number of ether oxygens (including phenoxy) is 1. The van der Waals surface area contributed by atoms with Crippen molar-refractivity contribution in [2.45, 2.75) is 52.1 Å². The number of benzene rings is 1. The number of piperidine rings is 1. The lowest BCUT2D eigenvalue weighted by atomic mass is 10.0. The van der Waals surface area contributed by atoms with Crippen LogP contribution in [0.4, 0.5) is 9.93 Å². The number of nitrogens with zero attached hydrogens (tertiary/aromatic N) is 3. The van der Waals surface area contributed by atoms with Crippen molar-refractivity contribution in [1.82, 2.24) is 20.5 Å². The first-order chi connectivity index (χ1) is 17.8. The number of carbonyl (C=O) groups is 3. The molecule has 1 aliphatic heterocycles. The minimum atomic E-state index is -0.711. The van der Waals surface area contributed by atoms with Gasteiger partial charge >= 0.3 is 6.09 Å². The number of nitriles is 1. The molecule has 0 bridgehead atoms. The van der Waals surface area contributed by atoms with Crippen LogP contribution in [0.15, 0.2) is 29.6 Å². The molecule has 2 heterocycles. The van der Waals surface area contributed by atoms with E-state index in [4.69, 9.17) is 10.00 Å². The molecule has 0 radical (unpaired) electrons. The van der Waals surface area contributed by atoms with Gasteiger partial charge in [0, 0.05) is 35.6 Å². The molecule has 1 atom stereocenters. The third-order valence-corrected chi connectivity index (χ3v) is 6.74. The van der Waals surface area contributed by atoms with E-state index in [2.05, 4.69) is 20.9 Å². The second-order valence-electron chi connectivity index (χ2n) is 9.25. The van der Waals surface area contributed by atoms with Gasteiger partial charge in [-0.2, -0.15) is 5.26 Å². The fraction of sp³-hybridized carbons (Fsp3) is 0.500. The summed E-state index contributed by atoms with van der Waals surface area (Å²) in [4.78, 5) is 43.4. The summed E-state index contributed by atoms with van der Waals surface area (Å²) in [5.74, 6) is -0.522. The van der Waals surface area contributed by atoms with Crippen LogP contribution in [0.3, 0.4) is 0 Å². The average Bonchev–Trinajstić information content (AvgIpc) is 3.35. The highest BCUT2D eigenvalue weighted by molar-refractivity contribution is 7.14. The van der Waals surface area contributed by atoms with E-state index in [1.807, 2.05) is 37.4 Å². The Labute approximate surface area is 221 Å². The van der Waals surface area contributed by atoms with Crippen molar-refractivity contribution < 1.29 is 19.1 Å². The summed E-state index contributed by atoms with van der Waals surface area (Å²) < 4.78 is 5.07. The van der Waals surface area contributed by atoms with Gasteiger partial charge in [0.05, 0.1) is 18.4 Å². The lowest BCUT2D eigenvalue weighted by Gasteiger charge is -2.31. The molecular formula is C26H34N6O4S. The molecule has 1 unspecified atom stereocenters. The first-order valence-corrected chi connectivity index (χ1v) is 13.4. The fourth-order valence-electron chi connectivity index (χ4n) is 4.06.